The van der Waals surface area contributed by atoms with Crippen molar-refractivity contribution < 1.29 is 9.18 Å². The highest BCUT2D eigenvalue weighted by Gasteiger charge is 2.26. The van der Waals surface area contributed by atoms with Crippen LogP contribution in [0.15, 0.2) is 30.5 Å². The quantitative estimate of drug-likeness (QED) is 0.890. The zero-order chi connectivity index (χ0) is 14.8. The molecule has 0 bridgehead atoms. The summed E-state index contributed by atoms with van der Waals surface area (Å²) in [6.45, 7) is 4.21. The Labute approximate surface area is 121 Å². The average Bonchev–Trinajstić information content (AvgIpc) is 2.98. The molecule has 1 aliphatic heterocycles. The minimum absolute atomic E-state index is 0.127. The first-order valence-corrected chi connectivity index (χ1v) is 6.85. The summed E-state index contributed by atoms with van der Waals surface area (Å²) < 4.78 is 12.9. The van der Waals surface area contributed by atoms with E-state index in [0.29, 0.717) is 17.9 Å². The molecule has 1 aromatic carbocycles. The largest absolute Gasteiger partial charge is 0.332 e. The maximum Gasteiger partial charge on any atom is 0.276 e. The SMILES string of the molecule is C[C@@H]1CNCCN1C(=O)c1cnn(-c2ccc(F)cc2)n1. The maximum absolute atomic E-state index is 12.9. The first-order valence-electron chi connectivity index (χ1n) is 6.85. The summed E-state index contributed by atoms with van der Waals surface area (Å²) in [5, 5.41) is 11.5. The van der Waals surface area contributed by atoms with Gasteiger partial charge in [0.15, 0.2) is 5.69 Å². The predicted octanol–water partition coefficient (Wildman–Crippen LogP) is 0.840. The van der Waals surface area contributed by atoms with Gasteiger partial charge in [-0.15, -0.1) is 5.10 Å². The number of nitrogens with one attached hydrogen (secondary N) is 1. The molecule has 1 fully saturated rings. The second-order valence-corrected chi connectivity index (χ2v) is 5.05. The van der Waals surface area contributed by atoms with Gasteiger partial charge >= 0.3 is 0 Å². The van der Waals surface area contributed by atoms with Crippen LogP contribution in [0.4, 0.5) is 4.39 Å². The number of carbonyl (C=O) groups excluding carboxylic acids is 1. The van der Waals surface area contributed by atoms with Crippen LogP contribution < -0.4 is 5.32 Å². The molecule has 0 spiro atoms. The van der Waals surface area contributed by atoms with Crippen molar-refractivity contribution in [3.05, 3.63) is 42.0 Å². The Bertz CT molecular complexity index is 639. The minimum Gasteiger partial charge on any atom is -0.332 e. The van der Waals surface area contributed by atoms with Crippen LogP contribution in [0.3, 0.4) is 0 Å². The number of amides is 1. The van der Waals surface area contributed by atoms with Crippen molar-refractivity contribution in [3.63, 3.8) is 0 Å². The van der Waals surface area contributed by atoms with E-state index in [1.807, 2.05) is 6.92 Å². The average molecular weight is 289 g/mol. The fourth-order valence-corrected chi connectivity index (χ4v) is 2.35. The third kappa shape index (κ3) is 2.78. The summed E-state index contributed by atoms with van der Waals surface area (Å²) in [5.74, 6) is -0.450. The highest BCUT2D eigenvalue weighted by molar-refractivity contribution is 5.92. The van der Waals surface area contributed by atoms with Crippen molar-refractivity contribution in [1.29, 1.82) is 0 Å². The zero-order valence-corrected chi connectivity index (χ0v) is 11.7. The highest BCUT2D eigenvalue weighted by Crippen LogP contribution is 2.10. The first kappa shape index (κ1) is 13.7. The predicted molar refractivity (Wildman–Crippen MR) is 74.7 cm³/mol. The second-order valence-electron chi connectivity index (χ2n) is 5.05. The van der Waals surface area contributed by atoms with Crippen LogP contribution in [0.5, 0.6) is 0 Å². The standard InChI is InChI=1S/C14H16FN5O/c1-10-8-16-6-7-19(10)14(21)13-9-17-20(18-13)12-4-2-11(15)3-5-12/h2-5,9-10,16H,6-8H2,1H3/t10-/m1/s1. The van der Waals surface area contributed by atoms with Gasteiger partial charge in [0.05, 0.1) is 11.9 Å². The van der Waals surface area contributed by atoms with Gasteiger partial charge < -0.3 is 10.2 Å². The van der Waals surface area contributed by atoms with Gasteiger partial charge in [-0.3, -0.25) is 4.79 Å². The molecular formula is C14H16FN5O. The minimum atomic E-state index is -0.322. The lowest BCUT2D eigenvalue weighted by atomic mass is 10.2. The fourth-order valence-electron chi connectivity index (χ4n) is 2.35. The Balaban J connectivity index is 1.81. The smallest absolute Gasteiger partial charge is 0.276 e. The van der Waals surface area contributed by atoms with Crippen LogP contribution >= 0.6 is 0 Å². The van der Waals surface area contributed by atoms with Gasteiger partial charge in [0, 0.05) is 25.7 Å². The van der Waals surface area contributed by atoms with Gasteiger partial charge in [-0.1, -0.05) is 0 Å². The van der Waals surface area contributed by atoms with E-state index in [4.69, 9.17) is 0 Å². The van der Waals surface area contributed by atoms with E-state index >= 15 is 0 Å². The highest BCUT2D eigenvalue weighted by atomic mass is 19.1. The van der Waals surface area contributed by atoms with Gasteiger partial charge in [-0.25, -0.2) is 4.39 Å². The topological polar surface area (TPSA) is 63.1 Å². The number of rotatable bonds is 2. The lowest BCUT2D eigenvalue weighted by Crippen LogP contribution is -2.52. The molecule has 6 nitrogen and oxygen atoms in total. The molecule has 1 aliphatic rings. The number of aromatic nitrogens is 3. The summed E-state index contributed by atoms with van der Waals surface area (Å²) in [5.41, 5.74) is 0.914. The van der Waals surface area contributed by atoms with Crippen molar-refractivity contribution in [2.45, 2.75) is 13.0 Å². The van der Waals surface area contributed by atoms with Crippen LogP contribution in [0, 0.1) is 5.82 Å². The van der Waals surface area contributed by atoms with Crippen molar-refractivity contribution in [2.24, 2.45) is 0 Å². The molecule has 0 aliphatic carbocycles. The van der Waals surface area contributed by atoms with Gasteiger partial charge in [0.2, 0.25) is 0 Å². The normalized spacial score (nSPS) is 18.8. The Morgan fingerprint density at radius 3 is 2.86 bits per heavy atom. The Hall–Kier alpha value is -2.28. The number of nitrogens with zero attached hydrogens (tertiary/aromatic N) is 4. The number of hydrogen-bond acceptors (Lipinski definition) is 4. The van der Waals surface area contributed by atoms with Crippen LogP contribution in [-0.4, -0.2) is 51.5 Å². The molecule has 0 saturated carbocycles. The number of carbonyl (C=O) groups is 1. The van der Waals surface area contributed by atoms with E-state index in [9.17, 15) is 9.18 Å². The van der Waals surface area contributed by atoms with Crippen molar-refractivity contribution >= 4 is 5.91 Å². The van der Waals surface area contributed by atoms with Gasteiger partial charge in [-0.2, -0.15) is 9.90 Å². The molecule has 3 rings (SSSR count). The van der Waals surface area contributed by atoms with E-state index in [2.05, 4.69) is 15.5 Å². The molecule has 2 heterocycles. The first-order chi connectivity index (χ1) is 10.1. The lowest BCUT2D eigenvalue weighted by Gasteiger charge is -2.33. The molecular weight excluding hydrogens is 273 g/mol. The van der Waals surface area contributed by atoms with Crippen LogP contribution in [-0.2, 0) is 0 Å². The molecule has 1 amide bonds. The van der Waals surface area contributed by atoms with Crippen LogP contribution in [0.25, 0.3) is 5.69 Å². The van der Waals surface area contributed by atoms with Gasteiger partial charge in [-0.05, 0) is 31.2 Å². The van der Waals surface area contributed by atoms with Gasteiger partial charge in [0.25, 0.3) is 5.91 Å². The molecule has 110 valence electrons. The molecule has 7 heteroatoms. The van der Waals surface area contributed by atoms with Crippen molar-refractivity contribution in [1.82, 2.24) is 25.2 Å². The number of piperazine rings is 1. The van der Waals surface area contributed by atoms with E-state index in [-0.39, 0.29) is 17.8 Å². The van der Waals surface area contributed by atoms with Crippen LogP contribution in [0.2, 0.25) is 0 Å². The molecule has 0 unspecified atom stereocenters. The number of hydrogen-bond donors (Lipinski definition) is 1. The van der Waals surface area contributed by atoms with E-state index in [1.165, 1.54) is 23.1 Å². The number of benzene rings is 1. The molecule has 1 N–H and O–H groups in total. The van der Waals surface area contributed by atoms with Gasteiger partial charge in [0.1, 0.15) is 5.82 Å². The number of halogens is 1. The summed E-state index contributed by atoms with van der Waals surface area (Å²) in [4.78, 5) is 15.6. The van der Waals surface area contributed by atoms with E-state index < -0.39 is 0 Å². The Morgan fingerprint density at radius 2 is 2.14 bits per heavy atom. The van der Waals surface area contributed by atoms with E-state index in [1.54, 1.807) is 17.0 Å². The van der Waals surface area contributed by atoms with Crippen LogP contribution in [0.1, 0.15) is 17.4 Å². The molecule has 0 radical (unpaired) electrons. The lowest BCUT2D eigenvalue weighted by molar-refractivity contribution is 0.0649. The molecule has 1 atom stereocenters. The molecule has 2 aromatic rings. The van der Waals surface area contributed by atoms with Crippen molar-refractivity contribution in [2.75, 3.05) is 19.6 Å². The van der Waals surface area contributed by atoms with Crippen molar-refractivity contribution in [3.8, 4) is 5.69 Å². The fraction of sp³-hybridized carbons (Fsp3) is 0.357. The monoisotopic (exact) mass is 289 g/mol. The molecule has 1 aromatic heterocycles. The molecule has 1 saturated heterocycles. The Morgan fingerprint density at radius 1 is 1.38 bits per heavy atom. The Kier molecular flexibility index (Phi) is 3.66. The maximum atomic E-state index is 12.9. The summed E-state index contributed by atoms with van der Waals surface area (Å²) in [6.07, 6.45) is 1.44. The second kappa shape index (κ2) is 5.61. The summed E-state index contributed by atoms with van der Waals surface area (Å²) in [6, 6.07) is 5.92. The third-order valence-electron chi connectivity index (χ3n) is 3.53. The molecule has 21 heavy (non-hydrogen) atoms. The van der Waals surface area contributed by atoms with E-state index in [0.717, 1.165) is 13.1 Å². The zero-order valence-electron chi connectivity index (χ0n) is 11.7. The summed E-state index contributed by atoms with van der Waals surface area (Å²) in [7, 11) is 0. The third-order valence-corrected chi connectivity index (χ3v) is 3.53. The summed E-state index contributed by atoms with van der Waals surface area (Å²) >= 11 is 0.